The number of halogens is 3. The summed E-state index contributed by atoms with van der Waals surface area (Å²) >= 11 is 0. The fourth-order valence-electron chi connectivity index (χ4n) is 4.72. The van der Waals surface area contributed by atoms with Crippen molar-refractivity contribution in [3.05, 3.63) is 94.8 Å². The van der Waals surface area contributed by atoms with Crippen molar-refractivity contribution in [3.63, 3.8) is 0 Å². The first-order valence-electron chi connectivity index (χ1n) is 13.6. The van der Waals surface area contributed by atoms with Gasteiger partial charge in [0.15, 0.2) is 5.82 Å². The summed E-state index contributed by atoms with van der Waals surface area (Å²) in [6, 6.07) is 13.0. The lowest BCUT2D eigenvalue weighted by molar-refractivity contribution is 0.102. The van der Waals surface area contributed by atoms with Crippen molar-refractivity contribution >= 4 is 35.1 Å². The minimum Gasteiger partial charge on any atom is -0.354 e. The maximum atomic E-state index is 15.0. The predicted octanol–water partition coefficient (Wildman–Crippen LogP) is 5.85. The number of amides is 3. The van der Waals surface area contributed by atoms with Crippen LogP contribution in [0, 0.1) is 24.4 Å². The molecular weight excluding hydrogens is 559 g/mol. The molecule has 0 fully saturated rings. The summed E-state index contributed by atoms with van der Waals surface area (Å²) in [5.41, 5.74) is 2.28. The number of anilines is 4. The highest BCUT2D eigenvalue weighted by Crippen LogP contribution is 2.39. The van der Waals surface area contributed by atoms with Gasteiger partial charge < -0.3 is 20.9 Å². The highest BCUT2D eigenvalue weighted by atomic mass is 19.1. The van der Waals surface area contributed by atoms with E-state index in [0.717, 1.165) is 35.6 Å². The first-order chi connectivity index (χ1) is 20.6. The second kappa shape index (κ2) is 12.5. The Morgan fingerprint density at radius 3 is 2.44 bits per heavy atom. The summed E-state index contributed by atoms with van der Waals surface area (Å²) in [6.07, 6.45) is 0.757. The Morgan fingerprint density at radius 1 is 1.02 bits per heavy atom. The van der Waals surface area contributed by atoms with Gasteiger partial charge in [-0.1, -0.05) is 12.1 Å². The number of hydrogen-bond donors (Lipinski definition) is 3. The van der Waals surface area contributed by atoms with E-state index in [9.17, 15) is 22.8 Å². The van der Waals surface area contributed by atoms with Gasteiger partial charge in [0.1, 0.15) is 23.1 Å². The van der Waals surface area contributed by atoms with Gasteiger partial charge in [-0.3, -0.25) is 4.79 Å². The van der Waals surface area contributed by atoms with Crippen LogP contribution in [0.15, 0.2) is 60.7 Å². The smallest absolute Gasteiger partial charge is 0.328 e. The van der Waals surface area contributed by atoms with E-state index < -0.39 is 35.1 Å². The van der Waals surface area contributed by atoms with Crippen LogP contribution in [0.5, 0.6) is 0 Å². The summed E-state index contributed by atoms with van der Waals surface area (Å²) in [5.74, 6) is -2.54. The Hall–Kier alpha value is -4.97. The molecule has 0 radical (unpaired) electrons. The summed E-state index contributed by atoms with van der Waals surface area (Å²) in [7, 11) is 3.91. The van der Waals surface area contributed by atoms with Crippen LogP contribution in [-0.4, -0.2) is 54.0 Å². The number of benzene rings is 3. The number of aromatic nitrogens is 2. The molecule has 0 saturated heterocycles. The lowest BCUT2D eigenvalue weighted by Gasteiger charge is -2.31. The van der Waals surface area contributed by atoms with Gasteiger partial charge in [0.25, 0.3) is 5.91 Å². The maximum Gasteiger partial charge on any atom is 0.328 e. The fraction of sp³-hybridized carbons (Fsp3) is 0.226. The molecule has 3 amide bonds. The van der Waals surface area contributed by atoms with Gasteiger partial charge in [-0.05, 0) is 88.1 Å². The number of para-hydroxylation sites is 1. The van der Waals surface area contributed by atoms with E-state index in [1.54, 1.807) is 18.2 Å². The summed E-state index contributed by atoms with van der Waals surface area (Å²) < 4.78 is 43.3. The number of fused-ring (bicyclic) bond motifs is 1. The predicted molar refractivity (Wildman–Crippen MR) is 159 cm³/mol. The minimum atomic E-state index is -0.931. The van der Waals surface area contributed by atoms with Crippen molar-refractivity contribution in [1.82, 2.24) is 20.2 Å². The van der Waals surface area contributed by atoms with Crippen molar-refractivity contribution < 1.29 is 22.8 Å². The average molecular weight is 590 g/mol. The van der Waals surface area contributed by atoms with Gasteiger partial charge in [0, 0.05) is 28.9 Å². The molecule has 1 aromatic heterocycles. The minimum absolute atomic E-state index is 0.0115. The number of nitrogens with one attached hydrogen (secondary N) is 3. The molecular formula is C31H30F3N7O2. The van der Waals surface area contributed by atoms with Gasteiger partial charge >= 0.3 is 6.03 Å². The molecule has 2 heterocycles. The van der Waals surface area contributed by atoms with Crippen LogP contribution in [0.1, 0.15) is 27.9 Å². The number of carbonyl (C=O) groups is 2. The van der Waals surface area contributed by atoms with E-state index >= 15 is 0 Å². The van der Waals surface area contributed by atoms with Crippen LogP contribution < -0.4 is 20.9 Å². The lowest BCUT2D eigenvalue weighted by Crippen LogP contribution is -2.43. The quantitative estimate of drug-likeness (QED) is 0.212. The van der Waals surface area contributed by atoms with E-state index in [1.165, 1.54) is 30.3 Å². The molecule has 0 atom stereocenters. The Bertz CT molecular complexity index is 1660. The molecule has 0 bridgehead atoms. The SMILES string of the molecule is Cc1ccc(C(=O)Nc2ccc(F)cc2)cc1-c1nc(NCCCN(C)C)nc2c1CNC(=O)N2c1c(F)cccc1F. The van der Waals surface area contributed by atoms with E-state index in [4.69, 9.17) is 4.98 Å². The first-order valence-corrected chi connectivity index (χ1v) is 13.6. The zero-order valence-electron chi connectivity index (χ0n) is 23.8. The van der Waals surface area contributed by atoms with Gasteiger partial charge in [-0.25, -0.2) is 27.8 Å². The second-order valence-corrected chi connectivity index (χ2v) is 10.3. The molecule has 0 aliphatic carbocycles. The Morgan fingerprint density at radius 2 is 1.74 bits per heavy atom. The summed E-state index contributed by atoms with van der Waals surface area (Å²) in [4.78, 5) is 38.4. The first kappa shape index (κ1) is 29.5. The highest BCUT2D eigenvalue weighted by molar-refractivity contribution is 6.05. The standard InChI is InChI=1S/C31H30F3N7O2/c1-18-8-9-19(29(42)37-21-12-10-20(32)11-13-21)16-22(18)26-23-17-36-31(43)41(27-24(33)6-4-7-25(27)34)28(23)39-30(38-26)35-14-5-15-40(2)3/h4,6-13,16H,5,14-15,17H2,1-3H3,(H,36,43)(H,37,42)(H,35,38,39). The molecule has 4 aromatic rings. The Labute approximate surface area is 246 Å². The molecule has 222 valence electrons. The van der Waals surface area contributed by atoms with Crippen molar-refractivity contribution in [1.29, 1.82) is 0 Å². The second-order valence-electron chi connectivity index (χ2n) is 10.3. The van der Waals surface area contributed by atoms with E-state index in [2.05, 4.69) is 20.9 Å². The molecule has 1 aliphatic rings. The molecule has 5 rings (SSSR count). The number of hydrogen-bond acceptors (Lipinski definition) is 6. The molecule has 3 aromatic carbocycles. The molecule has 43 heavy (non-hydrogen) atoms. The van der Waals surface area contributed by atoms with Gasteiger partial charge in [0.05, 0.1) is 12.2 Å². The largest absolute Gasteiger partial charge is 0.354 e. The third-order valence-electron chi connectivity index (χ3n) is 6.90. The van der Waals surface area contributed by atoms with Gasteiger partial charge in [-0.15, -0.1) is 0 Å². The third kappa shape index (κ3) is 6.44. The van der Waals surface area contributed by atoms with Crippen molar-refractivity contribution in [2.24, 2.45) is 0 Å². The molecule has 0 saturated carbocycles. The van der Waals surface area contributed by atoms with Crippen LogP contribution in [0.4, 0.5) is 41.1 Å². The van der Waals surface area contributed by atoms with E-state index in [0.29, 0.717) is 34.6 Å². The van der Waals surface area contributed by atoms with E-state index in [1.807, 2.05) is 25.9 Å². The van der Waals surface area contributed by atoms with Gasteiger partial charge in [-0.2, -0.15) is 4.98 Å². The Balaban J connectivity index is 1.61. The van der Waals surface area contributed by atoms with Crippen molar-refractivity contribution in [2.45, 2.75) is 19.9 Å². The fourth-order valence-corrected chi connectivity index (χ4v) is 4.72. The number of urea groups is 1. The summed E-state index contributed by atoms with van der Waals surface area (Å²) in [6.45, 7) is 3.12. The van der Waals surface area contributed by atoms with Crippen LogP contribution in [0.2, 0.25) is 0 Å². The molecule has 9 nitrogen and oxygen atoms in total. The molecule has 0 spiro atoms. The molecule has 3 N–H and O–H groups in total. The highest BCUT2D eigenvalue weighted by Gasteiger charge is 2.34. The third-order valence-corrected chi connectivity index (χ3v) is 6.90. The van der Waals surface area contributed by atoms with E-state index in [-0.39, 0.29) is 18.3 Å². The monoisotopic (exact) mass is 589 g/mol. The molecule has 0 unspecified atom stereocenters. The molecule has 1 aliphatic heterocycles. The topological polar surface area (TPSA) is 102 Å². The zero-order valence-corrected chi connectivity index (χ0v) is 23.8. The summed E-state index contributed by atoms with van der Waals surface area (Å²) in [5, 5.41) is 8.58. The van der Waals surface area contributed by atoms with Crippen LogP contribution in [-0.2, 0) is 6.54 Å². The maximum absolute atomic E-state index is 15.0. The number of rotatable bonds is 9. The average Bonchev–Trinajstić information content (AvgIpc) is 2.97. The zero-order chi connectivity index (χ0) is 30.7. The van der Waals surface area contributed by atoms with Crippen LogP contribution in [0.3, 0.4) is 0 Å². The molecule has 12 heteroatoms. The Kier molecular flexibility index (Phi) is 8.58. The number of carbonyl (C=O) groups excluding carboxylic acids is 2. The number of aryl methyl sites for hydroxylation is 1. The number of nitrogens with zero attached hydrogens (tertiary/aromatic N) is 4. The van der Waals surface area contributed by atoms with Crippen LogP contribution in [0.25, 0.3) is 11.3 Å². The lowest BCUT2D eigenvalue weighted by atomic mass is 9.97. The van der Waals surface area contributed by atoms with Crippen molar-refractivity contribution in [2.75, 3.05) is 42.7 Å². The van der Waals surface area contributed by atoms with Crippen LogP contribution >= 0.6 is 0 Å². The normalized spacial score (nSPS) is 12.6. The van der Waals surface area contributed by atoms with Crippen molar-refractivity contribution in [3.8, 4) is 11.3 Å². The van der Waals surface area contributed by atoms with Gasteiger partial charge in [0.2, 0.25) is 5.95 Å².